The first-order valence-corrected chi connectivity index (χ1v) is 15.5. The van der Waals surface area contributed by atoms with E-state index in [4.69, 9.17) is 4.74 Å². The van der Waals surface area contributed by atoms with Crippen molar-refractivity contribution in [2.75, 3.05) is 18.9 Å². The average molecular weight is 659 g/mol. The van der Waals surface area contributed by atoms with E-state index in [1.807, 2.05) is 0 Å². The summed E-state index contributed by atoms with van der Waals surface area (Å²) in [6.07, 6.45) is -2.75. The number of nitrogens with one attached hydrogen (secondary N) is 1. The fourth-order valence-electron chi connectivity index (χ4n) is 5.01. The molecule has 244 valence electrons. The van der Waals surface area contributed by atoms with Gasteiger partial charge in [-0.2, -0.15) is 22.0 Å². The molecule has 0 spiro atoms. The zero-order chi connectivity index (χ0) is 32.8. The van der Waals surface area contributed by atoms with Crippen LogP contribution < -0.4 is 10.1 Å². The number of nitrogens with zero attached hydrogens (tertiary/aromatic N) is 3. The van der Waals surface area contributed by atoms with Gasteiger partial charge in [-0.15, -0.1) is 0 Å². The fourth-order valence-corrected chi connectivity index (χ4v) is 5.89. The molecule has 2 heterocycles. The van der Waals surface area contributed by atoms with Gasteiger partial charge in [0.15, 0.2) is 9.84 Å². The number of rotatable bonds is 13. The van der Waals surface area contributed by atoms with Crippen molar-refractivity contribution in [2.24, 2.45) is 0 Å². The third-order valence-electron chi connectivity index (χ3n) is 7.32. The first-order chi connectivity index (χ1) is 21.3. The van der Waals surface area contributed by atoms with Crippen LogP contribution in [0.2, 0.25) is 0 Å². The number of aromatic nitrogens is 2. The van der Waals surface area contributed by atoms with Gasteiger partial charge >= 0.3 is 12.8 Å². The van der Waals surface area contributed by atoms with Crippen molar-refractivity contribution < 1.29 is 49.7 Å². The number of aliphatic hydroxyl groups is 1. The summed E-state index contributed by atoms with van der Waals surface area (Å²) in [5.74, 6) is -0.660. The van der Waals surface area contributed by atoms with E-state index in [-0.39, 0.29) is 48.0 Å². The van der Waals surface area contributed by atoms with Gasteiger partial charge in [-0.3, -0.25) is 9.69 Å². The maximum absolute atomic E-state index is 13.1. The first kappa shape index (κ1) is 34.1. The van der Waals surface area contributed by atoms with Gasteiger partial charge < -0.3 is 19.9 Å². The molecule has 1 amide bonds. The Balaban J connectivity index is 1.62. The van der Waals surface area contributed by atoms with Gasteiger partial charge in [0.05, 0.1) is 34.4 Å². The van der Waals surface area contributed by atoms with Crippen molar-refractivity contribution in [2.45, 2.75) is 61.9 Å². The minimum Gasteiger partial charge on any atom is -0.489 e. The largest absolute Gasteiger partial charge is 0.489 e. The number of likely N-dealkylation sites (tertiary alicyclic amines) is 1. The van der Waals surface area contributed by atoms with Crippen LogP contribution in [0.3, 0.4) is 0 Å². The topological polar surface area (TPSA) is 131 Å². The van der Waals surface area contributed by atoms with E-state index in [2.05, 4.69) is 20.0 Å². The molecule has 2 aromatic carbocycles. The Kier molecular flexibility index (Phi) is 11.1. The highest BCUT2D eigenvalue weighted by atomic mass is 32.2. The summed E-state index contributed by atoms with van der Waals surface area (Å²) in [6.45, 7) is -1.90. The Morgan fingerprint density at radius 3 is 2.31 bits per heavy atom. The van der Waals surface area contributed by atoms with E-state index in [0.717, 1.165) is 24.3 Å². The zero-order valence-electron chi connectivity index (χ0n) is 23.9. The normalized spacial score (nSPS) is 18.9. The SMILES string of the molecule is CCS(=O)(=O)c1ccc([C@@H](NC(=O)c2cncnc2)C(O)N2C[C@H](Oc3ccc(C(F)(F)F)cc3)C[C@H]2CCOC(F)F)cc1. The van der Waals surface area contributed by atoms with Gasteiger partial charge in [-0.1, -0.05) is 19.1 Å². The molecule has 45 heavy (non-hydrogen) atoms. The number of amides is 1. The minimum absolute atomic E-state index is 0.00461. The molecule has 1 aliphatic heterocycles. The number of benzene rings is 2. The third-order valence-corrected chi connectivity index (χ3v) is 9.07. The molecule has 1 aromatic heterocycles. The van der Waals surface area contributed by atoms with Gasteiger partial charge in [0, 0.05) is 31.4 Å². The molecular weight excluding hydrogens is 627 g/mol. The smallest absolute Gasteiger partial charge is 0.416 e. The summed E-state index contributed by atoms with van der Waals surface area (Å²) in [4.78, 5) is 22.3. The van der Waals surface area contributed by atoms with Crippen molar-refractivity contribution >= 4 is 15.7 Å². The predicted octanol–water partition coefficient (Wildman–Crippen LogP) is 4.23. The van der Waals surface area contributed by atoms with E-state index in [9.17, 15) is 40.3 Å². The summed E-state index contributed by atoms with van der Waals surface area (Å²) in [6, 6.07) is 7.86. The van der Waals surface area contributed by atoms with Gasteiger partial charge in [0.1, 0.15) is 24.4 Å². The molecule has 0 aliphatic carbocycles. The van der Waals surface area contributed by atoms with Gasteiger partial charge in [-0.05, 0) is 48.4 Å². The zero-order valence-corrected chi connectivity index (χ0v) is 24.7. The Bertz CT molecular complexity index is 1510. The molecule has 2 N–H and O–H groups in total. The number of carbonyl (C=O) groups is 1. The van der Waals surface area contributed by atoms with E-state index in [1.165, 1.54) is 54.8 Å². The van der Waals surface area contributed by atoms with Crippen LogP contribution in [0, 0.1) is 0 Å². The second-order valence-corrected chi connectivity index (χ2v) is 12.5. The third kappa shape index (κ3) is 8.93. The number of hydrogen-bond donors (Lipinski definition) is 2. The van der Waals surface area contributed by atoms with E-state index in [1.54, 1.807) is 0 Å². The second kappa shape index (κ2) is 14.6. The quantitative estimate of drug-likeness (QED) is 0.259. The molecule has 3 aromatic rings. The monoisotopic (exact) mass is 658 g/mol. The Hall–Kier alpha value is -3.73. The molecule has 4 atom stereocenters. The number of sulfone groups is 1. The van der Waals surface area contributed by atoms with Crippen molar-refractivity contribution in [3.8, 4) is 5.75 Å². The van der Waals surface area contributed by atoms with Gasteiger partial charge in [0.25, 0.3) is 5.91 Å². The van der Waals surface area contributed by atoms with Crippen molar-refractivity contribution in [3.63, 3.8) is 0 Å². The lowest BCUT2D eigenvalue weighted by Gasteiger charge is -2.35. The summed E-state index contributed by atoms with van der Waals surface area (Å²) in [7, 11) is -3.55. The molecule has 4 rings (SSSR count). The lowest BCUT2D eigenvalue weighted by molar-refractivity contribution is -0.137. The Morgan fingerprint density at radius 2 is 1.73 bits per heavy atom. The van der Waals surface area contributed by atoms with Gasteiger partial charge in [-0.25, -0.2) is 18.4 Å². The van der Waals surface area contributed by atoms with Crippen LogP contribution in [0.25, 0.3) is 0 Å². The molecule has 1 fully saturated rings. The molecule has 1 aliphatic rings. The van der Waals surface area contributed by atoms with Crippen LogP contribution in [-0.2, 0) is 20.8 Å². The number of carbonyl (C=O) groups excluding carboxylic acids is 1. The van der Waals surface area contributed by atoms with Crippen LogP contribution in [0.4, 0.5) is 22.0 Å². The molecule has 1 unspecified atom stereocenters. The second-order valence-electron chi connectivity index (χ2n) is 10.2. The van der Waals surface area contributed by atoms with Crippen LogP contribution in [0.15, 0.2) is 72.1 Å². The van der Waals surface area contributed by atoms with Crippen molar-refractivity contribution in [1.82, 2.24) is 20.2 Å². The lowest BCUT2D eigenvalue weighted by atomic mass is 10.0. The number of aliphatic hydroxyl groups excluding tert-OH is 1. The van der Waals surface area contributed by atoms with E-state index >= 15 is 0 Å². The van der Waals surface area contributed by atoms with Crippen LogP contribution in [0.5, 0.6) is 5.75 Å². The maximum Gasteiger partial charge on any atom is 0.416 e. The Labute approximate surface area is 256 Å². The number of ether oxygens (including phenoxy) is 2. The van der Waals surface area contributed by atoms with Gasteiger partial charge in [0.2, 0.25) is 0 Å². The fraction of sp³-hybridized carbons (Fsp3) is 0.414. The molecule has 0 bridgehead atoms. The number of halogens is 5. The summed E-state index contributed by atoms with van der Waals surface area (Å²) in [5.41, 5.74) is -0.454. The number of alkyl halides is 5. The van der Waals surface area contributed by atoms with Crippen LogP contribution in [-0.4, -0.2) is 78.2 Å². The standard InChI is InChI=1S/C29H31F5N4O6S/c1-2-45(41,42)24-9-3-18(4-10-24)25(37-26(39)19-14-35-17-36-15-19)27(40)38-16-23(13-21(38)11-12-43-28(30)31)44-22-7-5-20(6-8-22)29(32,33)34/h3-10,14-15,17,21,23,25,27-28,40H,2,11-13,16H2,1H3,(H,37,39)/t21-,23-,25-,27?/m1/s1. The number of hydrogen-bond acceptors (Lipinski definition) is 9. The molecule has 0 saturated carbocycles. The van der Waals surface area contributed by atoms with E-state index < -0.39 is 58.5 Å². The van der Waals surface area contributed by atoms with Crippen LogP contribution in [0.1, 0.15) is 47.3 Å². The molecule has 1 saturated heterocycles. The molecule has 16 heteroatoms. The highest BCUT2D eigenvalue weighted by Gasteiger charge is 2.41. The van der Waals surface area contributed by atoms with Crippen LogP contribution >= 0.6 is 0 Å². The van der Waals surface area contributed by atoms with E-state index in [0.29, 0.717) is 5.56 Å². The highest BCUT2D eigenvalue weighted by Crippen LogP contribution is 2.34. The summed E-state index contributed by atoms with van der Waals surface area (Å²) < 4.78 is 99.5. The van der Waals surface area contributed by atoms with Crippen molar-refractivity contribution in [3.05, 3.63) is 83.9 Å². The predicted molar refractivity (Wildman–Crippen MR) is 150 cm³/mol. The average Bonchev–Trinajstić information content (AvgIpc) is 3.41. The summed E-state index contributed by atoms with van der Waals surface area (Å²) >= 11 is 0. The minimum atomic E-state index is -4.53. The molecule has 10 nitrogen and oxygen atoms in total. The first-order valence-electron chi connectivity index (χ1n) is 13.8. The highest BCUT2D eigenvalue weighted by molar-refractivity contribution is 7.91. The lowest BCUT2D eigenvalue weighted by Crippen LogP contribution is -2.49. The molecular formula is C29H31F5N4O6S. The molecule has 0 radical (unpaired) electrons. The maximum atomic E-state index is 13.1. The summed E-state index contributed by atoms with van der Waals surface area (Å²) in [5, 5.41) is 14.4. The van der Waals surface area contributed by atoms with Crippen molar-refractivity contribution in [1.29, 1.82) is 0 Å². The Morgan fingerprint density at radius 1 is 1.09 bits per heavy atom.